The van der Waals surface area contributed by atoms with Crippen molar-refractivity contribution in [3.8, 4) is 0 Å². The molecule has 1 aliphatic rings. The second-order valence-corrected chi connectivity index (χ2v) is 8.43. The largest absolute Gasteiger partial charge is 0.375 e. The lowest BCUT2D eigenvalue weighted by Gasteiger charge is -2.29. The quantitative estimate of drug-likeness (QED) is 0.479. The average molecular weight is 433 g/mol. The fraction of sp³-hybridized carbons (Fsp3) is 0.320. The third-order valence-corrected chi connectivity index (χ3v) is 6.09. The van der Waals surface area contributed by atoms with E-state index < -0.39 is 17.2 Å². The van der Waals surface area contributed by atoms with Gasteiger partial charge in [0.1, 0.15) is 11.4 Å². The van der Waals surface area contributed by atoms with E-state index in [1.54, 1.807) is 0 Å². The molecule has 0 atom stereocenters. The molecule has 7 heteroatoms. The number of carbonyl (C=O) groups is 1. The number of rotatable bonds is 6. The standard InChI is InChI=1S/C25H28N4O3/c1-16-7-9-17(10-8-16)15-26-21-22(28-25(32)29-23(21)30)24(31)27-20-13-11-19(12-14-20)18-5-3-2-4-6-18/h2-10,19-20,26H,11-15H2,1H3,(H,27,31)(H2,28,29,30,32). The summed E-state index contributed by atoms with van der Waals surface area (Å²) in [6, 6.07) is 18.3. The molecule has 1 heterocycles. The van der Waals surface area contributed by atoms with E-state index in [4.69, 9.17) is 0 Å². The van der Waals surface area contributed by atoms with Crippen molar-refractivity contribution < 1.29 is 4.79 Å². The minimum atomic E-state index is -0.700. The van der Waals surface area contributed by atoms with E-state index in [1.807, 2.05) is 37.3 Å². The number of hydrogen-bond donors (Lipinski definition) is 4. The molecule has 4 rings (SSSR count). The van der Waals surface area contributed by atoms with Crippen molar-refractivity contribution in [2.75, 3.05) is 5.32 Å². The van der Waals surface area contributed by atoms with Crippen molar-refractivity contribution in [1.29, 1.82) is 0 Å². The molecule has 1 saturated carbocycles. The van der Waals surface area contributed by atoms with Crippen LogP contribution in [0.5, 0.6) is 0 Å². The smallest absolute Gasteiger partial charge is 0.326 e. The topological polar surface area (TPSA) is 107 Å². The Balaban J connectivity index is 1.43. The van der Waals surface area contributed by atoms with Gasteiger partial charge in [0, 0.05) is 12.6 Å². The van der Waals surface area contributed by atoms with Crippen LogP contribution in [0.15, 0.2) is 64.2 Å². The maximum Gasteiger partial charge on any atom is 0.326 e. The van der Waals surface area contributed by atoms with Gasteiger partial charge in [-0.15, -0.1) is 0 Å². The highest BCUT2D eigenvalue weighted by Gasteiger charge is 2.25. The number of aromatic amines is 2. The number of anilines is 1. The second-order valence-electron chi connectivity index (χ2n) is 8.43. The van der Waals surface area contributed by atoms with E-state index >= 15 is 0 Å². The molecule has 0 unspecified atom stereocenters. The average Bonchev–Trinajstić information content (AvgIpc) is 2.80. The van der Waals surface area contributed by atoms with E-state index in [9.17, 15) is 14.4 Å². The number of amides is 1. The minimum absolute atomic E-state index is 0.00944. The number of H-pyrrole nitrogens is 2. The summed E-state index contributed by atoms with van der Waals surface area (Å²) in [5.41, 5.74) is 2.16. The Labute approximate surface area is 186 Å². The highest BCUT2D eigenvalue weighted by molar-refractivity contribution is 5.97. The van der Waals surface area contributed by atoms with Crippen LogP contribution in [0.25, 0.3) is 0 Å². The molecule has 166 valence electrons. The molecule has 1 aliphatic carbocycles. The Morgan fingerprint density at radius 1 is 0.938 bits per heavy atom. The number of carbonyl (C=O) groups excluding carboxylic acids is 1. The zero-order chi connectivity index (χ0) is 22.5. The van der Waals surface area contributed by atoms with Crippen LogP contribution in [0.3, 0.4) is 0 Å². The predicted octanol–water partition coefficient (Wildman–Crippen LogP) is 3.44. The second kappa shape index (κ2) is 9.68. The summed E-state index contributed by atoms with van der Waals surface area (Å²) in [5.74, 6) is 0.0539. The van der Waals surface area contributed by atoms with Crippen LogP contribution in [0.4, 0.5) is 5.69 Å². The minimum Gasteiger partial charge on any atom is -0.375 e. The first-order valence-corrected chi connectivity index (χ1v) is 11.0. The van der Waals surface area contributed by atoms with Gasteiger partial charge in [0.15, 0.2) is 0 Å². The normalized spacial score (nSPS) is 18.2. The molecule has 4 N–H and O–H groups in total. The lowest BCUT2D eigenvalue weighted by atomic mass is 9.82. The number of aromatic nitrogens is 2. The van der Waals surface area contributed by atoms with Gasteiger partial charge in [0.2, 0.25) is 0 Å². The highest BCUT2D eigenvalue weighted by atomic mass is 16.2. The van der Waals surface area contributed by atoms with E-state index in [-0.39, 0.29) is 17.4 Å². The molecule has 0 saturated heterocycles. The molecular formula is C25H28N4O3. The zero-order valence-corrected chi connectivity index (χ0v) is 18.1. The van der Waals surface area contributed by atoms with Gasteiger partial charge in [0.05, 0.1) is 0 Å². The molecule has 0 spiro atoms. The SMILES string of the molecule is Cc1ccc(CNc2c(C(=O)NC3CCC(c4ccccc4)CC3)[nH]c(=O)[nH]c2=O)cc1. The van der Waals surface area contributed by atoms with Crippen molar-refractivity contribution in [2.24, 2.45) is 0 Å². The number of benzene rings is 2. The molecule has 1 aromatic heterocycles. The first-order valence-electron chi connectivity index (χ1n) is 11.0. The van der Waals surface area contributed by atoms with Crippen molar-refractivity contribution in [2.45, 2.75) is 51.1 Å². The number of hydrogen-bond acceptors (Lipinski definition) is 4. The van der Waals surface area contributed by atoms with Gasteiger partial charge in [-0.2, -0.15) is 0 Å². The molecule has 1 amide bonds. The van der Waals surface area contributed by atoms with Crippen LogP contribution >= 0.6 is 0 Å². The molecule has 32 heavy (non-hydrogen) atoms. The lowest BCUT2D eigenvalue weighted by molar-refractivity contribution is 0.0921. The summed E-state index contributed by atoms with van der Waals surface area (Å²) in [7, 11) is 0. The van der Waals surface area contributed by atoms with Crippen molar-refractivity contribution >= 4 is 11.6 Å². The van der Waals surface area contributed by atoms with Crippen LogP contribution in [0.1, 0.15) is 58.8 Å². The molecule has 1 fully saturated rings. The lowest BCUT2D eigenvalue weighted by Crippen LogP contribution is -2.40. The maximum absolute atomic E-state index is 13.0. The summed E-state index contributed by atoms with van der Waals surface area (Å²) in [6.45, 7) is 2.36. The number of nitrogens with one attached hydrogen (secondary N) is 4. The monoisotopic (exact) mass is 432 g/mol. The molecule has 0 bridgehead atoms. The van der Waals surface area contributed by atoms with Crippen LogP contribution in [0, 0.1) is 6.92 Å². The Morgan fingerprint density at radius 3 is 2.31 bits per heavy atom. The summed E-state index contributed by atoms with van der Waals surface area (Å²) in [5, 5.41) is 6.02. The Morgan fingerprint density at radius 2 is 1.62 bits per heavy atom. The van der Waals surface area contributed by atoms with Crippen molar-refractivity contribution in [1.82, 2.24) is 15.3 Å². The number of aryl methyl sites for hydroxylation is 1. The summed E-state index contributed by atoms with van der Waals surface area (Å²) < 4.78 is 0. The van der Waals surface area contributed by atoms with E-state index in [0.717, 1.165) is 36.8 Å². The molecule has 0 radical (unpaired) electrons. The van der Waals surface area contributed by atoms with Crippen LogP contribution in [0.2, 0.25) is 0 Å². The first kappa shape index (κ1) is 21.6. The fourth-order valence-corrected chi connectivity index (χ4v) is 4.28. The van der Waals surface area contributed by atoms with Gasteiger partial charge < -0.3 is 15.6 Å². The third kappa shape index (κ3) is 5.17. The summed E-state index contributed by atoms with van der Waals surface area (Å²) >= 11 is 0. The van der Waals surface area contributed by atoms with Crippen molar-refractivity contribution in [3.63, 3.8) is 0 Å². The van der Waals surface area contributed by atoms with E-state index in [2.05, 4.69) is 44.9 Å². The summed E-state index contributed by atoms with van der Waals surface area (Å²) in [4.78, 5) is 41.9. The fourth-order valence-electron chi connectivity index (χ4n) is 4.28. The Kier molecular flexibility index (Phi) is 6.54. The van der Waals surface area contributed by atoms with Gasteiger partial charge in [-0.1, -0.05) is 60.2 Å². The third-order valence-electron chi connectivity index (χ3n) is 6.09. The Bertz CT molecular complexity index is 1170. The summed E-state index contributed by atoms with van der Waals surface area (Å²) in [6.07, 6.45) is 3.68. The van der Waals surface area contributed by atoms with Crippen LogP contribution in [-0.2, 0) is 6.54 Å². The van der Waals surface area contributed by atoms with Gasteiger partial charge in [0.25, 0.3) is 11.5 Å². The maximum atomic E-state index is 13.0. The van der Waals surface area contributed by atoms with Gasteiger partial charge in [-0.05, 0) is 49.7 Å². The molecular weight excluding hydrogens is 404 g/mol. The predicted molar refractivity (Wildman–Crippen MR) is 125 cm³/mol. The van der Waals surface area contributed by atoms with Crippen LogP contribution in [-0.4, -0.2) is 21.9 Å². The Hall–Kier alpha value is -3.61. The molecule has 0 aliphatic heterocycles. The van der Waals surface area contributed by atoms with E-state index in [1.165, 1.54) is 5.56 Å². The molecule has 3 aromatic rings. The van der Waals surface area contributed by atoms with Gasteiger partial charge >= 0.3 is 5.69 Å². The van der Waals surface area contributed by atoms with Crippen LogP contribution < -0.4 is 21.9 Å². The molecule has 7 nitrogen and oxygen atoms in total. The van der Waals surface area contributed by atoms with E-state index in [0.29, 0.717) is 12.5 Å². The molecule has 2 aromatic carbocycles. The first-order chi connectivity index (χ1) is 15.5. The van der Waals surface area contributed by atoms with Gasteiger partial charge in [-0.3, -0.25) is 14.6 Å². The zero-order valence-electron chi connectivity index (χ0n) is 18.1. The van der Waals surface area contributed by atoms with Gasteiger partial charge in [-0.25, -0.2) is 4.79 Å². The highest BCUT2D eigenvalue weighted by Crippen LogP contribution is 2.32. The van der Waals surface area contributed by atoms with Crippen molar-refractivity contribution in [3.05, 3.63) is 97.8 Å².